The van der Waals surface area contributed by atoms with E-state index in [0.29, 0.717) is 13.0 Å². The number of hydrogen-bond donors (Lipinski definition) is 2. The van der Waals surface area contributed by atoms with Crippen molar-refractivity contribution in [3.63, 3.8) is 0 Å². The van der Waals surface area contributed by atoms with E-state index in [-0.39, 0.29) is 5.91 Å². The highest BCUT2D eigenvalue weighted by atomic mass is 16.1. The lowest BCUT2D eigenvalue weighted by molar-refractivity contribution is -0.120. The van der Waals surface area contributed by atoms with Gasteiger partial charge in [-0.05, 0) is 23.6 Å². The third-order valence-corrected chi connectivity index (χ3v) is 2.61. The lowest BCUT2D eigenvalue weighted by Crippen LogP contribution is -2.27. The summed E-state index contributed by atoms with van der Waals surface area (Å²) in [4.78, 5) is 14.6. The molecule has 0 radical (unpaired) electrons. The second kappa shape index (κ2) is 5.89. The first-order valence-corrected chi connectivity index (χ1v) is 5.77. The fraction of sp³-hybridized carbons (Fsp3) is 0.214. The van der Waals surface area contributed by atoms with E-state index in [1.54, 1.807) is 0 Å². The van der Waals surface area contributed by atoms with E-state index in [1.807, 2.05) is 48.8 Å². The molecule has 0 unspecified atom stereocenters. The Morgan fingerprint density at radius 1 is 1.12 bits per heavy atom. The van der Waals surface area contributed by atoms with Gasteiger partial charge < -0.3 is 10.3 Å². The number of aromatic nitrogens is 1. The Hall–Kier alpha value is -2.03. The van der Waals surface area contributed by atoms with Crippen molar-refractivity contribution in [2.75, 3.05) is 6.54 Å². The third-order valence-electron chi connectivity index (χ3n) is 2.61. The topological polar surface area (TPSA) is 44.9 Å². The van der Waals surface area contributed by atoms with Crippen LogP contribution in [0.3, 0.4) is 0 Å². The van der Waals surface area contributed by atoms with Gasteiger partial charge in [-0.1, -0.05) is 30.3 Å². The van der Waals surface area contributed by atoms with Gasteiger partial charge in [-0.25, -0.2) is 0 Å². The van der Waals surface area contributed by atoms with Crippen LogP contribution >= 0.6 is 0 Å². The molecule has 1 aromatic heterocycles. The normalized spacial score (nSPS) is 10.1. The predicted molar refractivity (Wildman–Crippen MR) is 67.7 cm³/mol. The van der Waals surface area contributed by atoms with E-state index in [4.69, 9.17) is 0 Å². The summed E-state index contributed by atoms with van der Waals surface area (Å²) in [6, 6.07) is 11.8. The van der Waals surface area contributed by atoms with Gasteiger partial charge in [0.2, 0.25) is 5.91 Å². The minimum atomic E-state index is 0.0757. The highest BCUT2D eigenvalue weighted by molar-refractivity contribution is 5.78. The summed E-state index contributed by atoms with van der Waals surface area (Å²) in [6.45, 7) is 0.684. The van der Waals surface area contributed by atoms with Gasteiger partial charge in [0, 0.05) is 18.9 Å². The number of amides is 1. The summed E-state index contributed by atoms with van der Waals surface area (Å²) in [5.41, 5.74) is 2.26. The smallest absolute Gasteiger partial charge is 0.224 e. The van der Waals surface area contributed by atoms with Crippen LogP contribution in [0.5, 0.6) is 0 Å². The molecule has 0 bridgehead atoms. The largest absolute Gasteiger partial charge is 0.367 e. The van der Waals surface area contributed by atoms with Crippen LogP contribution in [0.1, 0.15) is 11.1 Å². The van der Waals surface area contributed by atoms with E-state index in [0.717, 1.165) is 12.0 Å². The molecule has 2 N–H and O–H groups in total. The predicted octanol–water partition coefficient (Wildman–Crippen LogP) is 1.92. The van der Waals surface area contributed by atoms with Crippen LogP contribution in [0, 0.1) is 0 Å². The molecule has 0 fully saturated rings. The second-order valence-electron chi connectivity index (χ2n) is 3.98. The number of carbonyl (C=O) groups excluding carboxylic acids is 1. The molecule has 0 saturated carbocycles. The number of nitrogens with one attached hydrogen (secondary N) is 2. The van der Waals surface area contributed by atoms with E-state index >= 15 is 0 Å². The molecule has 2 rings (SSSR count). The van der Waals surface area contributed by atoms with Crippen molar-refractivity contribution < 1.29 is 4.79 Å². The van der Waals surface area contributed by atoms with Crippen LogP contribution in [-0.4, -0.2) is 17.4 Å². The number of H-pyrrole nitrogens is 1. The van der Waals surface area contributed by atoms with Crippen molar-refractivity contribution in [3.8, 4) is 0 Å². The third kappa shape index (κ3) is 3.79. The molecule has 0 aliphatic heterocycles. The molecule has 3 heteroatoms. The highest BCUT2D eigenvalue weighted by Gasteiger charge is 2.02. The first kappa shape index (κ1) is 11.5. The molecule has 0 aliphatic rings. The molecule has 0 aliphatic carbocycles. The van der Waals surface area contributed by atoms with E-state index < -0.39 is 0 Å². The molecule has 0 atom stereocenters. The van der Waals surface area contributed by atoms with Crippen molar-refractivity contribution in [3.05, 3.63) is 59.9 Å². The Balaban J connectivity index is 1.71. The average Bonchev–Trinajstić information content (AvgIpc) is 2.83. The lowest BCUT2D eigenvalue weighted by Gasteiger charge is -2.04. The molecule has 0 saturated heterocycles. The Bertz CT molecular complexity index is 448. The van der Waals surface area contributed by atoms with Gasteiger partial charge >= 0.3 is 0 Å². The number of rotatable bonds is 5. The molecule has 1 aromatic carbocycles. The fourth-order valence-electron chi connectivity index (χ4n) is 1.70. The Morgan fingerprint density at radius 3 is 2.65 bits per heavy atom. The Labute approximate surface area is 101 Å². The maximum Gasteiger partial charge on any atom is 0.224 e. The minimum Gasteiger partial charge on any atom is -0.367 e. The van der Waals surface area contributed by atoms with Gasteiger partial charge in [-0.15, -0.1) is 0 Å². The SMILES string of the molecule is O=C(Cc1ccccc1)NCCc1cc[nH]c1. The van der Waals surface area contributed by atoms with Crippen molar-refractivity contribution >= 4 is 5.91 Å². The maximum atomic E-state index is 11.6. The van der Waals surface area contributed by atoms with Crippen LogP contribution in [0.15, 0.2) is 48.8 Å². The lowest BCUT2D eigenvalue weighted by atomic mass is 10.1. The molecule has 1 heterocycles. The first-order valence-electron chi connectivity index (χ1n) is 5.77. The molecular weight excluding hydrogens is 212 g/mol. The summed E-state index contributed by atoms with van der Waals surface area (Å²) < 4.78 is 0. The van der Waals surface area contributed by atoms with Crippen LogP contribution in [-0.2, 0) is 17.6 Å². The molecule has 3 nitrogen and oxygen atoms in total. The van der Waals surface area contributed by atoms with Crippen molar-refractivity contribution in [1.29, 1.82) is 0 Å². The molecule has 88 valence electrons. The van der Waals surface area contributed by atoms with E-state index in [2.05, 4.69) is 10.3 Å². The summed E-state index contributed by atoms with van der Waals surface area (Å²) in [7, 11) is 0. The van der Waals surface area contributed by atoms with Gasteiger partial charge in [0.15, 0.2) is 0 Å². The summed E-state index contributed by atoms with van der Waals surface area (Å²) in [5.74, 6) is 0.0757. The second-order valence-corrected chi connectivity index (χ2v) is 3.98. The summed E-state index contributed by atoms with van der Waals surface area (Å²) in [5, 5.41) is 2.92. The molecule has 2 aromatic rings. The Morgan fingerprint density at radius 2 is 1.94 bits per heavy atom. The van der Waals surface area contributed by atoms with Crippen LogP contribution in [0.2, 0.25) is 0 Å². The van der Waals surface area contributed by atoms with Crippen LogP contribution in [0.25, 0.3) is 0 Å². The number of aromatic amines is 1. The number of carbonyl (C=O) groups is 1. The van der Waals surface area contributed by atoms with E-state index in [1.165, 1.54) is 5.56 Å². The quantitative estimate of drug-likeness (QED) is 0.806. The summed E-state index contributed by atoms with van der Waals surface area (Å²) >= 11 is 0. The maximum absolute atomic E-state index is 11.6. The number of benzene rings is 1. The van der Waals surface area contributed by atoms with E-state index in [9.17, 15) is 4.79 Å². The standard InChI is InChI=1S/C14H16N2O/c17-14(10-12-4-2-1-3-5-12)16-9-7-13-6-8-15-11-13/h1-6,8,11,15H,7,9-10H2,(H,16,17). The minimum absolute atomic E-state index is 0.0757. The summed E-state index contributed by atoms with van der Waals surface area (Å²) in [6.07, 6.45) is 5.16. The van der Waals surface area contributed by atoms with Gasteiger partial charge in [-0.2, -0.15) is 0 Å². The van der Waals surface area contributed by atoms with Crippen molar-refractivity contribution in [1.82, 2.24) is 10.3 Å². The van der Waals surface area contributed by atoms with Crippen molar-refractivity contribution in [2.45, 2.75) is 12.8 Å². The van der Waals surface area contributed by atoms with Gasteiger partial charge in [0.25, 0.3) is 0 Å². The van der Waals surface area contributed by atoms with Gasteiger partial charge in [0.1, 0.15) is 0 Å². The zero-order chi connectivity index (χ0) is 11.9. The zero-order valence-corrected chi connectivity index (χ0v) is 9.65. The number of hydrogen-bond acceptors (Lipinski definition) is 1. The Kier molecular flexibility index (Phi) is 3.97. The molecular formula is C14H16N2O. The van der Waals surface area contributed by atoms with Crippen molar-refractivity contribution in [2.24, 2.45) is 0 Å². The first-order chi connectivity index (χ1) is 8.34. The monoisotopic (exact) mass is 228 g/mol. The average molecular weight is 228 g/mol. The van der Waals surface area contributed by atoms with Gasteiger partial charge in [-0.3, -0.25) is 4.79 Å². The van der Waals surface area contributed by atoms with Crippen LogP contribution < -0.4 is 5.32 Å². The van der Waals surface area contributed by atoms with Gasteiger partial charge in [0.05, 0.1) is 6.42 Å². The molecule has 1 amide bonds. The highest BCUT2D eigenvalue weighted by Crippen LogP contribution is 2.00. The fourth-order valence-corrected chi connectivity index (χ4v) is 1.70. The molecule has 17 heavy (non-hydrogen) atoms. The van der Waals surface area contributed by atoms with Crippen LogP contribution in [0.4, 0.5) is 0 Å². The zero-order valence-electron chi connectivity index (χ0n) is 9.65. The molecule has 0 spiro atoms.